The molecular weight excluding hydrogens is 180 g/mol. The fraction of sp³-hybridized carbons (Fsp3) is 1.00. The summed E-state index contributed by atoms with van der Waals surface area (Å²) in [7, 11) is 0. The standard InChI is InChI=1S/C11H24O3/c1-9(2)13-7-6-12-8-11(5)14-10(3)4/h9-11H,6-8H2,1-5H3. The summed E-state index contributed by atoms with van der Waals surface area (Å²) in [5.41, 5.74) is 0. The van der Waals surface area contributed by atoms with Gasteiger partial charge in [-0.3, -0.25) is 0 Å². The molecule has 0 rings (SSSR count). The van der Waals surface area contributed by atoms with E-state index in [9.17, 15) is 0 Å². The molecule has 0 aromatic rings. The van der Waals surface area contributed by atoms with Gasteiger partial charge in [0.25, 0.3) is 0 Å². The highest BCUT2D eigenvalue weighted by molar-refractivity contribution is 4.49. The van der Waals surface area contributed by atoms with Crippen molar-refractivity contribution in [2.45, 2.75) is 52.9 Å². The lowest BCUT2D eigenvalue weighted by Gasteiger charge is -2.16. The van der Waals surface area contributed by atoms with E-state index in [0.29, 0.717) is 19.8 Å². The fourth-order valence-corrected chi connectivity index (χ4v) is 1.10. The summed E-state index contributed by atoms with van der Waals surface area (Å²) in [5.74, 6) is 0. The molecule has 0 aliphatic heterocycles. The molecule has 0 aliphatic rings. The van der Waals surface area contributed by atoms with Crippen LogP contribution in [-0.4, -0.2) is 38.1 Å². The molecule has 0 spiro atoms. The van der Waals surface area contributed by atoms with Crippen LogP contribution in [0, 0.1) is 0 Å². The molecule has 1 unspecified atom stereocenters. The first-order valence-corrected chi connectivity index (χ1v) is 5.37. The predicted molar refractivity (Wildman–Crippen MR) is 57.6 cm³/mol. The van der Waals surface area contributed by atoms with Gasteiger partial charge in [-0.15, -0.1) is 0 Å². The van der Waals surface area contributed by atoms with Crippen molar-refractivity contribution in [1.82, 2.24) is 0 Å². The van der Waals surface area contributed by atoms with Crippen LogP contribution in [0.5, 0.6) is 0 Å². The van der Waals surface area contributed by atoms with Gasteiger partial charge in [0.2, 0.25) is 0 Å². The van der Waals surface area contributed by atoms with Crippen LogP contribution in [0.25, 0.3) is 0 Å². The first kappa shape index (κ1) is 13.9. The largest absolute Gasteiger partial charge is 0.376 e. The normalized spacial score (nSPS) is 13.9. The summed E-state index contributed by atoms with van der Waals surface area (Å²) >= 11 is 0. The molecule has 0 saturated carbocycles. The Morgan fingerprint density at radius 2 is 1.50 bits per heavy atom. The lowest BCUT2D eigenvalue weighted by atomic mass is 10.4. The molecule has 0 aliphatic carbocycles. The maximum absolute atomic E-state index is 5.51. The lowest BCUT2D eigenvalue weighted by molar-refractivity contribution is -0.0498. The Morgan fingerprint density at radius 1 is 0.857 bits per heavy atom. The number of hydrogen-bond acceptors (Lipinski definition) is 3. The zero-order valence-corrected chi connectivity index (χ0v) is 10.1. The molecule has 3 heteroatoms. The average Bonchev–Trinajstić information content (AvgIpc) is 2.01. The van der Waals surface area contributed by atoms with Gasteiger partial charge in [0.05, 0.1) is 38.1 Å². The first-order valence-electron chi connectivity index (χ1n) is 5.37. The SMILES string of the molecule is CC(C)OCCOCC(C)OC(C)C. The van der Waals surface area contributed by atoms with Crippen molar-refractivity contribution < 1.29 is 14.2 Å². The van der Waals surface area contributed by atoms with Crippen molar-refractivity contribution >= 4 is 0 Å². The van der Waals surface area contributed by atoms with E-state index in [1.807, 2.05) is 34.6 Å². The van der Waals surface area contributed by atoms with Crippen molar-refractivity contribution in [3.63, 3.8) is 0 Å². The zero-order chi connectivity index (χ0) is 11.0. The minimum atomic E-state index is 0.161. The molecule has 0 heterocycles. The van der Waals surface area contributed by atoms with Gasteiger partial charge in [0, 0.05) is 0 Å². The summed E-state index contributed by atoms with van der Waals surface area (Å²) in [6.07, 6.45) is 0.706. The smallest absolute Gasteiger partial charge is 0.0783 e. The molecule has 0 saturated heterocycles. The fourth-order valence-electron chi connectivity index (χ4n) is 1.10. The minimum absolute atomic E-state index is 0.161. The number of rotatable bonds is 8. The van der Waals surface area contributed by atoms with E-state index in [1.165, 1.54) is 0 Å². The molecule has 1 atom stereocenters. The molecule has 0 amide bonds. The van der Waals surface area contributed by atoms with E-state index in [1.54, 1.807) is 0 Å². The lowest BCUT2D eigenvalue weighted by Crippen LogP contribution is -2.21. The van der Waals surface area contributed by atoms with Crippen LogP contribution >= 0.6 is 0 Å². The zero-order valence-electron chi connectivity index (χ0n) is 10.1. The van der Waals surface area contributed by atoms with Crippen molar-refractivity contribution in [2.75, 3.05) is 19.8 Å². The topological polar surface area (TPSA) is 27.7 Å². The van der Waals surface area contributed by atoms with Crippen LogP contribution in [0.15, 0.2) is 0 Å². The Bertz CT molecular complexity index is 124. The molecule has 0 aromatic carbocycles. The van der Waals surface area contributed by atoms with Gasteiger partial charge in [0.15, 0.2) is 0 Å². The van der Waals surface area contributed by atoms with Crippen molar-refractivity contribution in [3.8, 4) is 0 Å². The second kappa shape index (κ2) is 8.21. The highest BCUT2D eigenvalue weighted by Crippen LogP contribution is 1.97. The van der Waals surface area contributed by atoms with E-state index in [0.717, 1.165) is 0 Å². The van der Waals surface area contributed by atoms with Gasteiger partial charge in [-0.25, -0.2) is 0 Å². The highest BCUT2D eigenvalue weighted by Gasteiger charge is 2.04. The third-order valence-electron chi connectivity index (χ3n) is 1.54. The van der Waals surface area contributed by atoms with Gasteiger partial charge in [0.1, 0.15) is 0 Å². The van der Waals surface area contributed by atoms with Crippen LogP contribution in [-0.2, 0) is 14.2 Å². The summed E-state index contributed by atoms with van der Waals surface area (Å²) in [5, 5.41) is 0. The quantitative estimate of drug-likeness (QED) is 0.567. The second-order valence-corrected chi connectivity index (χ2v) is 3.99. The van der Waals surface area contributed by atoms with Crippen molar-refractivity contribution in [1.29, 1.82) is 0 Å². The highest BCUT2D eigenvalue weighted by atomic mass is 16.6. The third-order valence-corrected chi connectivity index (χ3v) is 1.54. The van der Waals surface area contributed by atoms with Crippen LogP contribution in [0.2, 0.25) is 0 Å². The van der Waals surface area contributed by atoms with Crippen molar-refractivity contribution in [2.24, 2.45) is 0 Å². The monoisotopic (exact) mass is 204 g/mol. The van der Waals surface area contributed by atoms with Gasteiger partial charge in [-0.1, -0.05) is 0 Å². The van der Waals surface area contributed by atoms with Crippen LogP contribution in [0.4, 0.5) is 0 Å². The maximum atomic E-state index is 5.51. The van der Waals surface area contributed by atoms with Gasteiger partial charge in [-0.05, 0) is 34.6 Å². The number of ether oxygens (including phenoxy) is 3. The molecule has 0 fully saturated rings. The van der Waals surface area contributed by atoms with Gasteiger partial charge in [-0.2, -0.15) is 0 Å². The summed E-state index contributed by atoms with van der Waals surface area (Å²) in [6, 6.07) is 0. The Kier molecular flexibility index (Phi) is 8.14. The van der Waals surface area contributed by atoms with E-state index in [4.69, 9.17) is 14.2 Å². The van der Waals surface area contributed by atoms with E-state index >= 15 is 0 Å². The molecule has 3 nitrogen and oxygen atoms in total. The van der Waals surface area contributed by atoms with Gasteiger partial charge >= 0.3 is 0 Å². The minimum Gasteiger partial charge on any atom is -0.376 e. The van der Waals surface area contributed by atoms with E-state index in [2.05, 4.69) is 0 Å². The summed E-state index contributed by atoms with van der Waals surface area (Å²) < 4.78 is 16.2. The number of hydrogen-bond donors (Lipinski definition) is 0. The molecule has 0 N–H and O–H groups in total. The van der Waals surface area contributed by atoms with E-state index < -0.39 is 0 Å². The first-order chi connectivity index (χ1) is 6.52. The van der Waals surface area contributed by atoms with Crippen LogP contribution in [0.3, 0.4) is 0 Å². The second-order valence-electron chi connectivity index (χ2n) is 3.99. The van der Waals surface area contributed by atoms with Crippen LogP contribution < -0.4 is 0 Å². The predicted octanol–water partition coefficient (Wildman–Crippen LogP) is 2.24. The molecule has 0 radical (unpaired) electrons. The molecular formula is C11H24O3. The van der Waals surface area contributed by atoms with Crippen molar-refractivity contribution in [3.05, 3.63) is 0 Å². The van der Waals surface area contributed by atoms with E-state index in [-0.39, 0.29) is 18.3 Å². The third kappa shape index (κ3) is 9.96. The Labute approximate surface area is 87.7 Å². The maximum Gasteiger partial charge on any atom is 0.0783 e. The van der Waals surface area contributed by atoms with Crippen LogP contribution in [0.1, 0.15) is 34.6 Å². The Hall–Kier alpha value is -0.120. The van der Waals surface area contributed by atoms with Gasteiger partial charge < -0.3 is 14.2 Å². The Morgan fingerprint density at radius 3 is 2.00 bits per heavy atom. The molecule has 14 heavy (non-hydrogen) atoms. The molecule has 0 aromatic heterocycles. The molecule has 86 valence electrons. The summed E-state index contributed by atoms with van der Waals surface area (Å²) in [6.45, 7) is 12.0. The molecule has 0 bridgehead atoms. The Balaban J connectivity index is 3.19. The average molecular weight is 204 g/mol. The summed E-state index contributed by atoms with van der Waals surface area (Å²) in [4.78, 5) is 0.